The van der Waals surface area contributed by atoms with Crippen molar-refractivity contribution >= 4 is 29.7 Å². The standard InChI is InChI=1S/C41H49Si.3ClH.Ti/c1-11-30-22-31(12-2)24-36(23-30)42(35-20-28(3)19-29(4)21-35,39-18-17-32-15-13-14-16-38(32)39)37-26-33(40(5,6)7)25-34(27-37)41(8,9)10;;;;/h13-27H,11-12H2,1-10H3;3*1H;/q;;;;+3/p-3. The van der Waals surface area contributed by atoms with Crippen molar-refractivity contribution in [3.8, 4) is 0 Å². The molecule has 0 N–H and O–H groups in total. The number of allylic oxidation sites excluding steroid dienone is 1. The average molecular weight is 724 g/mol. The summed E-state index contributed by atoms with van der Waals surface area (Å²) in [7, 11) is -2.83. The molecule has 5 rings (SSSR count). The van der Waals surface area contributed by atoms with Crippen LogP contribution in [0.25, 0.3) is 6.08 Å². The van der Waals surface area contributed by atoms with Gasteiger partial charge in [0.2, 0.25) is 0 Å². The second kappa shape index (κ2) is 14.9. The molecular weight excluding hydrogens is 675 g/mol. The summed E-state index contributed by atoms with van der Waals surface area (Å²) in [6, 6.07) is 31.9. The summed E-state index contributed by atoms with van der Waals surface area (Å²) in [5, 5.41) is 4.56. The van der Waals surface area contributed by atoms with Crippen LogP contribution >= 0.6 is 0 Å². The van der Waals surface area contributed by atoms with Crippen LogP contribution < -0.4 is 52.8 Å². The van der Waals surface area contributed by atoms with Gasteiger partial charge in [-0.05, 0) is 0 Å². The molecule has 0 radical (unpaired) electrons. The molecule has 0 aromatic heterocycles. The maximum absolute atomic E-state index is 2.83. The van der Waals surface area contributed by atoms with Crippen LogP contribution in [-0.4, -0.2) is 8.07 Å². The predicted octanol–water partition coefficient (Wildman–Crippen LogP) is -0.486. The van der Waals surface area contributed by atoms with E-state index in [1.807, 2.05) is 0 Å². The number of rotatable bonds is 6. The monoisotopic (exact) mass is 722 g/mol. The number of hydrogen-bond donors (Lipinski definition) is 0. The molecule has 4 aromatic rings. The van der Waals surface area contributed by atoms with Crippen LogP contribution in [0.1, 0.15) is 99.9 Å². The van der Waals surface area contributed by atoms with Crippen LogP contribution in [0.2, 0.25) is 0 Å². The Bertz CT molecular complexity index is 1640. The quantitative estimate of drug-likeness (QED) is 0.187. The number of aryl methyl sites for hydroxylation is 4. The van der Waals surface area contributed by atoms with Crippen molar-refractivity contribution in [2.24, 2.45) is 0 Å². The van der Waals surface area contributed by atoms with E-state index < -0.39 is 8.07 Å². The Morgan fingerprint density at radius 3 is 1.54 bits per heavy atom. The Morgan fingerprint density at radius 2 is 1.07 bits per heavy atom. The first kappa shape index (κ1) is 40.6. The van der Waals surface area contributed by atoms with Gasteiger partial charge in [-0.2, -0.15) is 0 Å². The average Bonchev–Trinajstić information content (AvgIpc) is 3.29. The van der Waals surface area contributed by atoms with E-state index in [1.165, 1.54) is 60.1 Å². The van der Waals surface area contributed by atoms with E-state index in [-0.39, 0.29) is 51.4 Å². The van der Waals surface area contributed by atoms with Gasteiger partial charge in [0.1, 0.15) is 0 Å². The first-order chi connectivity index (χ1) is 20.1. The molecule has 4 aromatic carbocycles. The number of fused-ring (bicyclic) bond motifs is 1. The molecule has 0 saturated heterocycles. The third-order valence-electron chi connectivity index (χ3n) is 9.54. The minimum absolute atomic E-state index is 0. The SMILES string of the molecule is CCc1cc(CC)cc([Si](c2cc(C)cc(C)c2)(c2cc(C(C)(C)C)cc(C(C)(C)C)c2)[C]2([Ti+3])C=Cc3ccccc32)c1.[Cl-].[Cl-].[Cl-]. The van der Waals surface area contributed by atoms with E-state index in [0.29, 0.717) is 0 Å². The minimum Gasteiger partial charge on any atom is -1.00 e. The molecule has 0 aliphatic heterocycles. The molecule has 2 unspecified atom stereocenters. The van der Waals surface area contributed by atoms with Gasteiger partial charge in [-0.3, -0.25) is 0 Å². The predicted molar refractivity (Wildman–Crippen MR) is 187 cm³/mol. The molecule has 5 heteroatoms. The van der Waals surface area contributed by atoms with E-state index in [2.05, 4.69) is 181 Å². The van der Waals surface area contributed by atoms with Crippen LogP contribution in [0.4, 0.5) is 0 Å². The molecule has 0 bridgehead atoms. The van der Waals surface area contributed by atoms with Gasteiger partial charge in [-0.1, -0.05) is 0 Å². The van der Waals surface area contributed by atoms with E-state index >= 15 is 0 Å². The summed E-state index contributed by atoms with van der Waals surface area (Å²) in [5.41, 5.74) is 11.3. The van der Waals surface area contributed by atoms with Crippen LogP contribution in [0.5, 0.6) is 0 Å². The van der Waals surface area contributed by atoms with Gasteiger partial charge in [0, 0.05) is 0 Å². The summed E-state index contributed by atoms with van der Waals surface area (Å²) in [5.74, 6) is 0. The minimum atomic E-state index is -2.83. The number of halogens is 3. The van der Waals surface area contributed by atoms with Gasteiger partial charge in [0.25, 0.3) is 0 Å². The zero-order valence-corrected chi connectivity index (χ0v) is 34.0. The molecule has 0 spiro atoms. The van der Waals surface area contributed by atoms with E-state index in [9.17, 15) is 0 Å². The van der Waals surface area contributed by atoms with Crippen molar-refractivity contribution in [3.63, 3.8) is 0 Å². The zero-order chi connectivity index (χ0) is 31.4. The molecule has 46 heavy (non-hydrogen) atoms. The molecule has 0 amide bonds. The Morgan fingerprint density at radius 1 is 0.609 bits per heavy atom. The Kier molecular flexibility index (Phi) is 13.1. The molecule has 0 fully saturated rings. The summed E-state index contributed by atoms with van der Waals surface area (Å²) >= 11 is 2.56. The largest absolute Gasteiger partial charge is 1.00 e. The molecule has 0 nitrogen and oxygen atoms in total. The van der Waals surface area contributed by atoms with Crippen molar-refractivity contribution in [3.05, 3.63) is 129 Å². The van der Waals surface area contributed by atoms with Gasteiger partial charge in [-0.25, -0.2) is 0 Å². The van der Waals surface area contributed by atoms with Crippen molar-refractivity contribution in [1.29, 1.82) is 0 Å². The Hall–Kier alpha value is -1.58. The van der Waals surface area contributed by atoms with Gasteiger partial charge in [0.15, 0.2) is 0 Å². The van der Waals surface area contributed by atoms with Crippen LogP contribution in [0.3, 0.4) is 0 Å². The second-order valence-electron chi connectivity index (χ2n) is 14.9. The summed E-state index contributed by atoms with van der Waals surface area (Å²) in [6.45, 7) is 23.4. The normalized spacial score (nSPS) is 16.9. The zero-order valence-electron chi connectivity index (χ0n) is 29.2. The van der Waals surface area contributed by atoms with Gasteiger partial charge < -0.3 is 37.2 Å². The summed E-state index contributed by atoms with van der Waals surface area (Å²) in [4.78, 5) is 0. The fourth-order valence-electron chi connectivity index (χ4n) is 7.10. The molecule has 0 saturated carbocycles. The van der Waals surface area contributed by atoms with Gasteiger partial charge in [-0.15, -0.1) is 0 Å². The van der Waals surface area contributed by atoms with Gasteiger partial charge >= 0.3 is 276 Å². The molecule has 242 valence electrons. The van der Waals surface area contributed by atoms with Crippen LogP contribution in [-0.2, 0) is 47.5 Å². The fourth-order valence-corrected chi connectivity index (χ4v) is 15.4. The summed E-state index contributed by atoms with van der Waals surface area (Å²) in [6.07, 6.45) is 7.06. The van der Waals surface area contributed by atoms with Crippen molar-refractivity contribution in [1.82, 2.24) is 0 Å². The van der Waals surface area contributed by atoms with E-state index in [0.717, 1.165) is 12.8 Å². The molecule has 1 aliphatic carbocycles. The van der Waals surface area contributed by atoms with Crippen molar-refractivity contribution < 1.29 is 57.7 Å². The van der Waals surface area contributed by atoms with E-state index in [4.69, 9.17) is 0 Å². The molecule has 2 atom stereocenters. The Balaban J connectivity index is 0.00000245. The number of hydrogen-bond acceptors (Lipinski definition) is 0. The van der Waals surface area contributed by atoms with Gasteiger partial charge in [0.05, 0.1) is 0 Å². The maximum atomic E-state index is 2.61. The van der Waals surface area contributed by atoms with E-state index in [1.54, 1.807) is 0 Å². The fraction of sp³-hybridized carbons (Fsp3) is 0.366. The topological polar surface area (TPSA) is 0 Å². The third-order valence-corrected chi connectivity index (χ3v) is 17.1. The van der Waals surface area contributed by atoms with Crippen LogP contribution in [0, 0.1) is 13.8 Å². The molecule has 1 aliphatic rings. The smallest absolute Gasteiger partial charge is 1.00 e. The summed E-state index contributed by atoms with van der Waals surface area (Å²) < 4.78 is -0.188. The van der Waals surface area contributed by atoms with Crippen molar-refractivity contribution in [2.45, 2.75) is 96.3 Å². The number of benzene rings is 4. The van der Waals surface area contributed by atoms with Crippen LogP contribution in [0.15, 0.2) is 84.9 Å². The molecular formula is C41H49Cl3SiTi. The molecule has 0 heterocycles. The van der Waals surface area contributed by atoms with Crippen molar-refractivity contribution in [2.75, 3.05) is 0 Å². The second-order valence-corrected chi connectivity index (χ2v) is 20.9. The third kappa shape index (κ3) is 7.22. The maximum Gasteiger partial charge on any atom is -1.00 e. The first-order valence-electron chi connectivity index (χ1n) is 16.1. The first-order valence-corrected chi connectivity index (χ1v) is 18.8. The Labute approximate surface area is 310 Å².